The number of hydrogen-bond acceptors (Lipinski definition) is 7. The van der Waals surface area contributed by atoms with Gasteiger partial charge in [0.1, 0.15) is 12.4 Å². The molecule has 204 valence electrons. The van der Waals surface area contributed by atoms with E-state index in [4.69, 9.17) is 19.4 Å². The number of benzene rings is 3. The molecule has 0 atom stereocenters. The number of rotatable bonds is 4. The van der Waals surface area contributed by atoms with Gasteiger partial charge in [-0.3, -0.25) is 4.31 Å². The highest BCUT2D eigenvalue weighted by Gasteiger charge is 2.38. The van der Waals surface area contributed by atoms with Gasteiger partial charge in [0, 0.05) is 43.7 Å². The van der Waals surface area contributed by atoms with Crippen LogP contribution in [0.3, 0.4) is 0 Å². The van der Waals surface area contributed by atoms with Crippen LogP contribution < -0.4 is 24.0 Å². The minimum atomic E-state index is -5.08. The van der Waals surface area contributed by atoms with Gasteiger partial charge in [-0.1, -0.05) is 36.4 Å². The first-order valence-corrected chi connectivity index (χ1v) is 13.1. The van der Waals surface area contributed by atoms with Crippen molar-refractivity contribution < 1.29 is 41.0 Å². The van der Waals surface area contributed by atoms with Gasteiger partial charge in [-0.15, -0.1) is 0 Å². The van der Waals surface area contributed by atoms with Crippen molar-refractivity contribution >= 4 is 38.1 Å². The van der Waals surface area contributed by atoms with E-state index < -0.39 is 22.2 Å². The highest BCUT2D eigenvalue weighted by atomic mass is 32.2. The van der Waals surface area contributed by atoms with Crippen molar-refractivity contribution in [3.63, 3.8) is 0 Å². The fraction of sp³-hybridized carbons (Fsp3) is 0.320. The van der Waals surface area contributed by atoms with Crippen LogP contribution in [0.15, 0.2) is 59.5 Å². The van der Waals surface area contributed by atoms with Crippen LogP contribution in [-0.4, -0.2) is 72.1 Å². The number of alkyl halides is 3. The quantitative estimate of drug-likeness (QED) is 0.506. The highest BCUT2D eigenvalue weighted by molar-refractivity contribution is 7.93. The standard InChI is InChI=1S/C23H25N3O4S.C2HF3O2/c1-29-18-15-20(25-11-9-24-10-12-25)23-21(16-18)26(13-14-30-23)31(27,28)22-8-4-6-17-5-2-3-7-19(17)22;3-2(4,5)1(6)7/h2-8,15-16,24H,9-14H2,1H3;(H,6,7). The number of carboxylic acid groups (broad SMARTS) is 1. The molecule has 3 aromatic rings. The van der Waals surface area contributed by atoms with E-state index in [0.29, 0.717) is 34.1 Å². The number of carbonyl (C=O) groups is 1. The Morgan fingerprint density at radius 1 is 1.03 bits per heavy atom. The van der Waals surface area contributed by atoms with Gasteiger partial charge in [0.05, 0.1) is 29.9 Å². The number of aliphatic carboxylic acids is 1. The van der Waals surface area contributed by atoms with E-state index in [0.717, 1.165) is 37.3 Å². The number of hydrogen-bond donors (Lipinski definition) is 2. The van der Waals surface area contributed by atoms with E-state index >= 15 is 0 Å². The molecule has 5 rings (SSSR count). The molecule has 38 heavy (non-hydrogen) atoms. The summed E-state index contributed by atoms with van der Waals surface area (Å²) < 4.78 is 72.5. The Morgan fingerprint density at radius 3 is 2.32 bits per heavy atom. The monoisotopic (exact) mass is 553 g/mol. The molecule has 0 radical (unpaired) electrons. The summed E-state index contributed by atoms with van der Waals surface area (Å²) in [6.45, 7) is 3.90. The van der Waals surface area contributed by atoms with Crippen molar-refractivity contribution in [1.82, 2.24) is 5.32 Å². The molecule has 2 N–H and O–H groups in total. The summed E-state index contributed by atoms with van der Waals surface area (Å²) in [5, 5.41) is 12.1. The molecule has 13 heteroatoms. The van der Waals surface area contributed by atoms with E-state index in [1.165, 1.54) is 4.31 Å². The normalized spacial score (nSPS) is 15.7. The maximum absolute atomic E-state index is 13.9. The number of carboxylic acids is 1. The topological polar surface area (TPSA) is 108 Å². The summed E-state index contributed by atoms with van der Waals surface area (Å²) in [4.78, 5) is 11.4. The van der Waals surface area contributed by atoms with Crippen LogP contribution >= 0.6 is 0 Å². The zero-order chi connectivity index (χ0) is 27.5. The van der Waals surface area contributed by atoms with Gasteiger partial charge in [0.25, 0.3) is 10.0 Å². The number of sulfonamides is 1. The number of nitrogens with zero attached hydrogens (tertiary/aromatic N) is 2. The molecule has 9 nitrogen and oxygen atoms in total. The Balaban J connectivity index is 0.000000426. The lowest BCUT2D eigenvalue weighted by atomic mass is 10.1. The third kappa shape index (κ3) is 5.58. The molecule has 0 aromatic heterocycles. The molecule has 0 saturated carbocycles. The van der Waals surface area contributed by atoms with E-state index in [1.54, 1.807) is 25.3 Å². The van der Waals surface area contributed by atoms with Crippen molar-refractivity contribution in [2.24, 2.45) is 0 Å². The molecule has 0 unspecified atom stereocenters. The smallest absolute Gasteiger partial charge is 0.490 e. The summed E-state index contributed by atoms with van der Waals surface area (Å²) in [5.74, 6) is -1.55. The van der Waals surface area contributed by atoms with Crippen LogP contribution in [0, 0.1) is 0 Å². The molecule has 0 spiro atoms. The van der Waals surface area contributed by atoms with Gasteiger partial charge in [-0.2, -0.15) is 13.2 Å². The molecule has 0 bridgehead atoms. The molecule has 0 aliphatic carbocycles. The van der Waals surface area contributed by atoms with Gasteiger partial charge in [0.15, 0.2) is 5.75 Å². The Kier molecular flexibility index (Phi) is 7.88. The summed E-state index contributed by atoms with van der Waals surface area (Å²) in [6, 6.07) is 16.6. The van der Waals surface area contributed by atoms with Gasteiger partial charge in [0.2, 0.25) is 0 Å². The van der Waals surface area contributed by atoms with Gasteiger partial charge >= 0.3 is 12.1 Å². The van der Waals surface area contributed by atoms with Crippen LogP contribution in [0.4, 0.5) is 24.5 Å². The first kappa shape index (κ1) is 27.3. The number of piperazine rings is 1. The maximum Gasteiger partial charge on any atom is 0.490 e. The average molecular weight is 554 g/mol. The number of fused-ring (bicyclic) bond motifs is 2. The zero-order valence-corrected chi connectivity index (χ0v) is 21.2. The molecule has 3 aromatic carbocycles. The lowest BCUT2D eigenvalue weighted by Crippen LogP contribution is -2.44. The Labute approximate surface area is 217 Å². The highest BCUT2D eigenvalue weighted by Crippen LogP contribution is 2.46. The third-order valence-electron chi connectivity index (χ3n) is 6.09. The molecule has 2 aliphatic rings. The maximum atomic E-state index is 13.9. The van der Waals surface area contributed by atoms with E-state index in [-0.39, 0.29) is 6.54 Å². The van der Waals surface area contributed by atoms with Crippen molar-refractivity contribution in [3.8, 4) is 11.5 Å². The van der Waals surface area contributed by atoms with Gasteiger partial charge in [-0.25, -0.2) is 13.2 Å². The van der Waals surface area contributed by atoms with E-state index in [1.807, 2.05) is 36.4 Å². The Bertz CT molecular complexity index is 1420. The fourth-order valence-electron chi connectivity index (χ4n) is 4.31. The van der Waals surface area contributed by atoms with E-state index in [9.17, 15) is 21.6 Å². The second-order valence-corrected chi connectivity index (χ2v) is 10.3. The summed E-state index contributed by atoms with van der Waals surface area (Å²) in [7, 11) is -2.21. The van der Waals surface area contributed by atoms with Crippen molar-refractivity contribution in [1.29, 1.82) is 0 Å². The summed E-state index contributed by atoms with van der Waals surface area (Å²) in [6.07, 6.45) is -5.08. The van der Waals surface area contributed by atoms with Crippen LogP contribution in [0.25, 0.3) is 10.8 Å². The molecule has 2 aliphatic heterocycles. The molecule has 1 fully saturated rings. The fourth-order valence-corrected chi connectivity index (χ4v) is 5.97. The van der Waals surface area contributed by atoms with Crippen molar-refractivity contribution in [2.75, 3.05) is 55.6 Å². The van der Waals surface area contributed by atoms with Crippen LogP contribution in [0.2, 0.25) is 0 Å². The molecule has 2 heterocycles. The Hall–Kier alpha value is -3.71. The second kappa shape index (κ2) is 11.0. The number of ether oxygens (including phenoxy) is 2. The summed E-state index contributed by atoms with van der Waals surface area (Å²) in [5.41, 5.74) is 1.39. The van der Waals surface area contributed by atoms with Gasteiger partial charge < -0.3 is 24.8 Å². The number of nitrogens with one attached hydrogen (secondary N) is 1. The largest absolute Gasteiger partial charge is 0.497 e. The minimum absolute atomic E-state index is 0.243. The lowest BCUT2D eigenvalue weighted by Gasteiger charge is -2.36. The second-order valence-electron chi connectivity index (χ2n) is 8.44. The zero-order valence-electron chi connectivity index (χ0n) is 20.4. The minimum Gasteiger partial charge on any atom is -0.497 e. The molecular weight excluding hydrogens is 527 g/mol. The first-order chi connectivity index (χ1) is 18.0. The predicted molar refractivity (Wildman–Crippen MR) is 136 cm³/mol. The molecular formula is C25H26F3N3O6S. The van der Waals surface area contributed by atoms with Crippen LogP contribution in [-0.2, 0) is 14.8 Å². The number of methoxy groups -OCH3 is 1. The van der Waals surface area contributed by atoms with Crippen molar-refractivity contribution in [2.45, 2.75) is 11.1 Å². The molecule has 1 saturated heterocycles. The van der Waals surface area contributed by atoms with Gasteiger partial charge in [-0.05, 0) is 11.5 Å². The number of anilines is 2. The van der Waals surface area contributed by atoms with Crippen LogP contribution in [0.1, 0.15) is 0 Å². The number of halogens is 3. The van der Waals surface area contributed by atoms with Crippen molar-refractivity contribution in [3.05, 3.63) is 54.6 Å². The average Bonchev–Trinajstić information content (AvgIpc) is 2.92. The predicted octanol–water partition coefficient (Wildman–Crippen LogP) is 3.48. The summed E-state index contributed by atoms with van der Waals surface area (Å²) >= 11 is 0. The molecule has 0 amide bonds. The van der Waals surface area contributed by atoms with Crippen LogP contribution in [0.5, 0.6) is 11.5 Å². The third-order valence-corrected chi connectivity index (χ3v) is 7.96. The van der Waals surface area contributed by atoms with E-state index in [2.05, 4.69) is 10.2 Å². The lowest BCUT2D eigenvalue weighted by molar-refractivity contribution is -0.192. The first-order valence-electron chi connectivity index (χ1n) is 11.6. The Morgan fingerprint density at radius 2 is 1.66 bits per heavy atom. The SMILES string of the molecule is COc1cc(N2CCNCC2)c2c(c1)N(S(=O)(=O)c1cccc3ccccc13)CCO2.O=C(O)C(F)(F)F.